The first-order valence-electron chi connectivity index (χ1n) is 5.49. The molecule has 0 saturated heterocycles. The van der Waals surface area contributed by atoms with E-state index in [-0.39, 0.29) is 10.8 Å². The molecular weight excluding hydrogens is 268 g/mol. The fraction of sp³-hybridized carbons (Fsp3) is 0.300. The Morgan fingerprint density at radius 3 is 2.79 bits per heavy atom. The van der Waals surface area contributed by atoms with Gasteiger partial charge in [-0.05, 0) is 13.1 Å². The quantitative estimate of drug-likeness (QED) is 0.782. The molecule has 8 nitrogen and oxygen atoms in total. The van der Waals surface area contributed by atoms with E-state index in [4.69, 9.17) is 0 Å². The minimum atomic E-state index is -3.70. The van der Waals surface area contributed by atoms with Crippen molar-refractivity contribution in [2.24, 2.45) is 7.05 Å². The highest BCUT2D eigenvalue weighted by molar-refractivity contribution is 7.92. The molecule has 0 unspecified atom stereocenters. The van der Waals surface area contributed by atoms with E-state index in [0.717, 1.165) is 5.69 Å². The molecule has 0 spiro atoms. The second kappa shape index (κ2) is 5.33. The highest BCUT2D eigenvalue weighted by atomic mass is 32.2. The Morgan fingerprint density at radius 2 is 2.16 bits per heavy atom. The van der Waals surface area contributed by atoms with Crippen LogP contribution in [0.5, 0.6) is 0 Å². The van der Waals surface area contributed by atoms with Gasteiger partial charge in [0.25, 0.3) is 16.0 Å². The van der Waals surface area contributed by atoms with Gasteiger partial charge < -0.3 is 9.88 Å². The maximum atomic E-state index is 12.1. The molecule has 0 fully saturated rings. The van der Waals surface area contributed by atoms with E-state index in [9.17, 15) is 8.42 Å². The summed E-state index contributed by atoms with van der Waals surface area (Å²) in [6.45, 7) is 0.579. The molecule has 0 aliphatic heterocycles. The number of aryl methyl sites for hydroxylation is 1. The monoisotopic (exact) mass is 282 g/mol. The minimum absolute atomic E-state index is 0.0541. The fourth-order valence-electron chi connectivity index (χ4n) is 1.55. The molecule has 0 atom stereocenters. The number of nitrogens with one attached hydrogen (secondary N) is 2. The molecule has 2 heterocycles. The lowest BCUT2D eigenvalue weighted by atomic mass is 10.4. The van der Waals surface area contributed by atoms with Crippen molar-refractivity contribution in [2.75, 3.05) is 11.8 Å². The standard InChI is InChI=1S/C10H14N6O2S/c1-11-6-8-5-9(7-16(8)2)19(17,18)15-10-12-3-4-13-14-10/h3-5,7,11H,6H2,1-2H3,(H,12,14,15). The predicted octanol–water partition coefficient (Wildman–Crippen LogP) is -0.270. The number of aromatic nitrogens is 4. The second-order valence-corrected chi connectivity index (χ2v) is 5.56. The number of nitrogens with zero attached hydrogens (tertiary/aromatic N) is 4. The number of sulfonamides is 1. The van der Waals surface area contributed by atoms with Crippen LogP contribution in [0.4, 0.5) is 5.95 Å². The average molecular weight is 282 g/mol. The number of rotatable bonds is 5. The molecule has 9 heteroatoms. The molecule has 2 N–H and O–H groups in total. The Hall–Kier alpha value is -2.00. The topological polar surface area (TPSA) is 102 Å². The first-order valence-corrected chi connectivity index (χ1v) is 6.97. The van der Waals surface area contributed by atoms with E-state index >= 15 is 0 Å². The van der Waals surface area contributed by atoms with E-state index in [0.29, 0.717) is 6.54 Å². The van der Waals surface area contributed by atoms with Crippen molar-refractivity contribution >= 4 is 16.0 Å². The van der Waals surface area contributed by atoms with E-state index in [1.165, 1.54) is 18.6 Å². The van der Waals surface area contributed by atoms with Crippen LogP contribution in [0.1, 0.15) is 5.69 Å². The summed E-state index contributed by atoms with van der Waals surface area (Å²) in [5.41, 5.74) is 0.856. The van der Waals surface area contributed by atoms with Crippen molar-refractivity contribution in [1.82, 2.24) is 25.1 Å². The summed E-state index contributed by atoms with van der Waals surface area (Å²) in [6.07, 6.45) is 4.26. The lowest BCUT2D eigenvalue weighted by molar-refractivity contribution is 0.600. The van der Waals surface area contributed by atoms with Crippen LogP contribution in [-0.4, -0.2) is 35.2 Å². The molecule has 2 aromatic rings. The van der Waals surface area contributed by atoms with E-state index in [1.54, 1.807) is 24.7 Å². The SMILES string of the molecule is CNCc1cc(S(=O)(=O)Nc2nccnn2)cn1C. The molecule has 102 valence electrons. The third-order valence-electron chi connectivity index (χ3n) is 2.46. The van der Waals surface area contributed by atoms with E-state index < -0.39 is 10.0 Å². The summed E-state index contributed by atoms with van der Waals surface area (Å²) in [5.74, 6) is -0.0541. The van der Waals surface area contributed by atoms with Crippen LogP contribution in [0, 0.1) is 0 Å². The Morgan fingerprint density at radius 1 is 1.37 bits per heavy atom. The average Bonchev–Trinajstić information content (AvgIpc) is 2.73. The largest absolute Gasteiger partial charge is 0.352 e. The minimum Gasteiger partial charge on any atom is -0.352 e. The molecule has 0 bridgehead atoms. The molecular formula is C10H14N6O2S. The molecule has 0 saturated carbocycles. The summed E-state index contributed by atoms with van der Waals surface area (Å²) in [5, 5.41) is 10.1. The molecule has 2 aromatic heterocycles. The number of anilines is 1. The lowest BCUT2D eigenvalue weighted by Crippen LogP contribution is -2.14. The highest BCUT2D eigenvalue weighted by Gasteiger charge is 2.18. The van der Waals surface area contributed by atoms with Crippen LogP contribution < -0.4 is 10.0 Å². The zero-order chi connectivity index (χ0) is 13.9. The molecule has 2 rings (SSSR count). The third-order valence-corrected chi connectivity index (χ3v) is 3.75. The van der Waals surface area contributed by atoms with Gasteiger partial charge >= 0.3 is 0 Å². The summed E-state index contributed by atoms with van der Waals surface area (Å²) in [7, 11) is -0.118. The lowest BCUT2D eigenvalue weighted by Gasteiger charge is -2.02. The summed E-state index contributed by atoms with van der Waals surface area (Å²) in [4.78, 5) is 3.93. The first kappa shape index (κ1) is 13.4. The zero-order valence-electron chi connectivity index (χ0n) is 10.5. The van der Waals surface area contributed by atoms with Crippen LogP contribution in [0.2, 0.25) is 0 Å². The van der Waals surface area contributed by atoms with Crippen molar-refractivity contribution in [1.29, 1.82) is 0 Å². The number of hydrogen-bond donors (Lipinski definition) is 2. The van der Waals surface area contributed by atoms with Gasteiger partial charge in [0.1, 0.15) is 4.90 Å². The summed E-state index contributed by atoms with van der Waals surface area (Å²) < 4.78 is 28.3. The van der Waals surface area contributed by atoms with Gasteiger partial charge in [-0.3, -0.25) is 0 Å². The van der Waals surface area contributed by atoms with Crippen LogP contribution in [0.15, 0.2) is 29.6 Å². The first-order chi connectivity index (χ1) is 9.03. The molecule has 19 heavy (non-hydrogen) atoms. The van der Waals surface area contributed by atoms with Crippen molar-refractivity contribution in [2.45, 2.75) is 11.4 Å². The van der Waals surface area contributed by atoms with Crippen LogP contribution in [0.25, 0.3) is 0 Å². The van der Waals surface area contributed by atoms with Gasteiger partial charge in [-0.15, -0.1) is 5.10 Å². The summed E-state index contributed by atoms with van der Waals surface area (Å²) >= 11 is 0. The molecule has 0 amide bonds. The molecule has 0 aromatic carbocycles. The smallest absolute Gasteiger partial charge is 0.265 e. The van der Waals surface area contributed by atoms with Crippen molar-refractivity contribution in [3.05, 3.63) is 30.4 Å². The van der Waals surface area contributed by atoms with Gasteiger partial charge in [0.05, 0.1) is 12.4 Å². The maximum Gasteiger partial charge on any atom is 0.265 e. The van der Waals surface area contributed by atoms with E-state index in [1.807, 2.05) is 0 Å². The zero-order valence-corrected chi connectivity index (χ0v) is 11.3. The van der Waals surface area contributed by atoms with Crippen molar-refractivity contribution in [3.8, 4) is 0 Å². The Kier molecular flexibility index (Phi) is 3.76. The highest BCUT2D eigenvalue weighted by Crippen LogP contribution is 2.15. The predicted molar refractivity (Wildman–Crippen MR) is 68.8 cm³/mol. The van der Waals surface area contributed by atoms with Gasteiger partial charge in [0.2, 0.25) is 0 Å². The normalized spacial score (nSPS) is 11.5. The fourth-order valence-corrected chi connectivity index (χ4v) is 2.59. The Bertz CT molecular complexity index is 652. The van der Waals surface area contributed by atoms with Gasteiger partial charge in [-0.2, -0.15) is 5.10 Å². The molecule has 0 aliphatic carbocycles. The maximum absolute atomic E-state index is 12.1. The van der Waals surface area contributed by atoms with Crippen LogP contribution >= 0.6 is 0 Å². The third kappa shape index (κ3) is 3.06. The van der Waals surface area contributed by atoms with Gasteiger partial charge in [-0.25, -0.2) is 18.1 Å². The summed E-state index contributed by atoms with van der Waals surface area (Å²) in [6, 6.07) is 1.59. The van der Waals surface area contributed by atoms with Crippen molar-refractivity contribution in [3.63, 3.8) is 0 Å². The van der Waals surface area contributed by atoms with Gasteiger partial charge in [0, 0.05) is 25.5 Å². The Balaban J connectivity index is 2.27. The van der Waals surface area contributed by atoms with E-state index in [2.05, 4.69) is 25.2 Å². The molecule has 0 radical (unpaired) electrons. The Labute approximate surface area is 110 Å². The van der Waals surface area contributed by atoms with Gasteiger partial charge in [-0.1, -0.05) is 0 Å². The van der Waals surface area contributed by atoms with Gasteiger partial charge in [0.15, 0.2) is 0 Å². The molecule has 0 aliphatic rings. The van der Waals surface area contributed by atoms with Crippen LogP contribution in [-0.2, 0) is 23.6 Å². The van der Waals surface area contributed by atoms with Crippen molar-refractivity contribution < 1.29 is 8.42 Å². The second-order valence-electron chi connectivity index (χ2n) is 3.88. The van der Waals surface area contributed by atoms with Crippen LogP contribution in [0.3, 0.4) is 0 Å². The number of hydrogen-bond acceptors (Lipinski definition) is 6.